The van der Waals surface area contributed by atoms with Gasteiger partial charge in [0.15, 0.2) is 0 Å². The molecule has 1 amide bonds. The Balaban J connectivity index is 1.83. The minimum Gasteiger partial charge on any atom is -0.506 e. The van der Waals surface area contributed by atoms with Crippen molar-refractivity contribution in [3.63, 3.8) is 0 Å². The molecule has 3 aromatic rings. The first-order valence-corrected chi connectivity index (χ1v) is 9.98. The Morgan fingerprint density at radius 2 is 1.89 bits per heavy atom. The molecule has 0 radical (unpaired) electrons. The highest BCUT2D eigenvalue weighted by molar-refractivity contribution is 7.89. The third-order valence-corrected chi connectivity index (χ3v) is 5.58. The molecule has 1 heterocycles. The Hall–Kier alpha value is -3.10. The number of benzene rings is 2. The highest BCUT2D eigenvalue weighted by Crippen LogP contribution is 2.25. The number of phenolic OH excluding ortho intramolecular Hbond substituents is 1. The lowest BCUT2D eigenvalue weighted by atomic mass is 10.1. The van der Waals surface area contributed by atoms with E-state index < -0.39 is 15.9 Å². The second-order valence-corrected chi connectivity index (χ2v) is 8.12. The van der Waals surface area contributed by atoms with Crippen LogP contribution >= 0.6 is 0 Å². The van der Waals surface area contributed by atoms with E-state index in [1.165, 1.54) is 24.5 Å². The topological polar surface area (TPSA) is 109 Å². The maximum atomic E-state index is 12.6. The second kappa shape index (κ2) is 7.87. The van der Waals surface area contributed by atoms with Crippen LogP contribution in [0.25, 0.3) is 0 Å². The number of furan rings is 1. The summed E-state index contributed by atoms with van der Waals surface area (Å²) in [5.74, 6) is -0.0990. The van der Waals surface area contributed by atoms with E-state index in [1.807, 2.05) is 6.92 Å². The number of carbonyl (C=O) groups is 1. The fraction of sp³-hybridized carbons (Fsp3) is 0.150. The van der Waals surface area contributed by atoms with Crippen LogP contribution in [0.3, 0.4) is 0 Å². The minimum atomic E-state index is -3.84. The number of anilines is 1. The van der Waals surface area contributed by atoms with Gasteiger partial charge in [0.05, 0.1) is 23.4 Å². The van der Waals surface area contributed by atoms with Gasteiger partial charge in [-0.2, -0.15) is 0 Å². The normalized spacial score (nSPS) is 11.4. The fourth-order valence-electron chi connectivity index (χ4n) is 2.61. The summed E-state index contributed by atoms with van der Waals surface area (Å²) in [5.41, 5.74) is 1.90. The third kappa shape index (κ3) is 4.41. The summed E-state index contributed by atoms with van der Waals surface area (Å²) in [6, 6.07) is 12.5. The van der Waals surface area contributed by atoms with E-state index in [-0.39, 0.29) is 28.4 Å². The fourth-order valence-corrected chi connectivity index (χ4v) is 3.63. The summed E-state index contributed by atoms with van der Waals surface area (Å²) >= 11 is 0. The van der Waals surface area contributed by atoms with Crippen LogP contribution < -0.4 is 10.0 Å². The van der Waals surface area contributed by atoms with Gasteiger partial charge in [-0.3, -0.25) is 4.79 Å². The summed E-state index contributed by atoms with van der Waals surface area (Å²) in [5, 5.41) is 12.6. The van der Waals surface area contributed by atoms with Crippen molar-refractivity contribution in [2.24, 2.45) is 0 Å². The molecule has 3 rings (SSSR count). The molecule has 0 saturated carbocycles. The number of rotatable bonds is 6. The maximum Gasteiger partial charge on any atom is 0.256 e. The molecule has 0 aliphatic heterocycles. The Morgan fingerprint density at radius 1 is 1.11 bits per heavy atom. The van der Waals surface area contributed by atoms with Crippen molar-refractivity contribution < 1.29 is 22.7 Å². The van der Waals surface area contributed by atoms with Crippen molar-refractivity contribution in [3.8, 4) is 5.75 Å². The number of aromatic hydroxyl groups is 1. The van der Waals surface area contributed by atoms with E-state index in [2.05, 4.69) is 10.0 Å². The first-order chi connectivity index (χ1) is 13.3. The summed E-state index contributed by atoms with van der Waals surface area (Å²) in [4.78, 5) is 12.6. The molecule has 1 aromatic heterocycles. The highest BCUT2D eigenvalue weighted by Gasteiger charge is 2.19. The number of hydrogen-bond acceptors (Lipinski definition) is 5. The van der Waals surface area contributed by atoms with E-state index in [0.717, 1.165) is 5.56 Å². The molecule has 0 atom stereocenters. The number of nitrogens with one attached hydrogen (secondary N) is 2. The van der Waals surface area contributed by atoms with Gasteiger partial charge in [-0.25, -0.2) is 13.1 Å². The average molecular weight is 400 g/mol. The van der Waals surface area contributed by atoms with Gasteiger partial charge in [-0.05, 0) is 61.4 Å². The van der Waals surface area contributed by atoms with E-state index in [1.54, 1.807) is 37.3 Å². The first-order valence-electron chi connectivity index (χ1n) is 8.50. The van der Waals surface area contributed by atoms with Gasteiger partial charge >= 0.3 is 0 Å². The van der Waals surface area contributed by atoms with Gasteiger partial charge in [-0.15, -0.1) is 0 Å². The highest BCUT2D eigenvalue weighted by atomic mass is 32.2. The number of aryl methyl sites for hydroxylation is 2. The Kier molecular flexibility index (Phi) is 5.53. The molecule has 0 fully saturated rings. The zero-order valence-electron chi connectivity index (χ0n) is 15.4. The van der Waals surface area contributed by atoms with Gasteiger partial charge in [0.25, 0.3) is 5.91 Å². The van der Waals surface area contributed by atoms with Crippen LogP contribution in [0.1, 0.15) is 27.2 Å². The monoisotopic (exact) mass is 400 g/mol. The van der Waals surface area contributed by atoms with Crippen LogP contribution in [0.4, 0.5) is 5.69 Å². The Labute approximate surface area is 163 Å². The summed E-state index contributed by atoms with van der Waals surface area (Å²) in [7, 11) is -3.84. The van der Waals surface area contributed by atoms with Crippen LogP contribution in [0.5, 0.6) is 5.75 Å². The molecule has 28 heavy (non-hydrogen) atoms. The lowest BCUT2D eigenvalue weighted by Crippen LogP contribution is -2.24. The molecule has 0 aliphatic carbocycles. The van der Waals surface area contributed by atoms with Crippen LogP contribution in [-0.2, 0) is 16.6 Å². The van der Waals surface area contributed by atoms with Gasteiger partial charge in [-0.1, -0.05) is 12.1 Å². The van der Waals surface area contributed by atoms with E-state index in [0.29, 0.717) is 11.3 Å². The second-order valence-electron chi connectivity index (χ2n) is 6.36. The third-order valence-electron chi connectivity index (χ3n) is 4.18. The van der Waals surface area contributed by atoms with Gasteiger partial charge in [0, 0.05) is 5.56 Å². The molecule has 7 nitrogen and oxygen atoms in total. The zero-order chi connectivity index (χ0) is 20.3. The lowest BCUT2D eigenvalue weighted by Gasteiger charge is -2.12. The smallest absolute Gasteiger partial charge is 0.256 e. The van der Waals surface area contributed by atoms with Gasteiger partial charge in [0.2, 0.25) is 10.0 Å². The van der Waals surface area contributed by atoms with Crippen molar-refractivity contribution in [2.75, 3.05) is 5.32 Å². The summed E-state index contributed by atoms with van der Waals surface area (Å²) in [6.07, 6.45) is 1.46. The minimum absolute atomic E-state index is 0.00196. The van der Waals surface area contributed by atoms with Crippen LogP contribution in [0.15, 0.2) is 64.1 Å². The molecular weight excluding hydrogens is 380 g/mol. The van der Waals surface area contributed by atoms with E-state index in [4.69, 9.17) is 4.42 Å². The molecule has 0 spiro atoms. The lowest BCUT2D eigenvalue weighted by molar-refractivity contribution is 0.102. The van der Waals surface area contributed by atoms with Crippen LogP contribution in [0.2, 0.25) is 0 Å². The molecule has 0 aliphatic rings. The molecule has 8 heteroatoms. The number of carbonyl (C=O) groups excluding carboxylic acids is 1. The molecule has 146 valence electrons. The number of amides is 1. The van der Waals surface area contributed by atoms with Crippen molar-refractivity contribution in [1.82, 2.24) is 4.72 Å². The Morgan fingerprint density at radius 3 is 2.57 bits per heavy atom. The largest absolute Gasteiger partial charge is 0.506 e. The van der Waals surface area contributed by atoms with Crippen LogP contribution in [-0.4, -0.2) is 19.4 Å². The van der Waals surface area contributed by atoms with Gasteiger partial charge in [0.1, 0.15) is 11.5 Å². The quantitative estimate of drug-likeness (QED) is 0.550. The standard InChI is InChI=1S/C20H20N2O5S/c1-13-5-8-18(19(23)10-13)22-20(24)17-11-16(7-6-14(17)2)28(25,26)21-12-15-4-3-9-27-15/h3-11,21,23H,12H2,1-2H3,(H,22,24). The zero-order valence-corrected chi connectivity index (χ0v) is 16.2. The predicted octanol–water partition coefficient (Wildman–Crippen LogP) is 3.33. The predicted molar refractivity (Wildman–Crippen MR) is 105 cm³/mol. The Bertz CT molecular complexity index is 1110. The SMILES string of the molecule is Cc1ccc(NC(=O)c2cc(S(=O)(=O)NCc3ccco3)ccc2C)c(O)c1. The molecule has 0 saturated heterocycles. The van der Waals surface area contributed by atoms with Crippen LogP contribution in [0, 0.1) is 13.8 Å². The number of hydrogen-bond donors (Lipinski definition) is 3. The molecule has 3 N–H and O–H groups in total. The average Bonchev–Trinajstić information content (AvgIpc) is 3.16. The molecule has 0 bridgehead atoms. The van der Waals surface area contributed by atoms with Crippen molar-refractivity contribution in [3.05, 3.63) is 77.2 Å². The molecular formula is C20H20N2O5S. The summed E-state index contributed by atoms with van der Waals surface area (Å²) in [6.45, 7) is 3.53. The number of phenols is 1. The van der Waals surface area contributed by atoms with Gasteiger partial charge < -0.3 is 14.8 Å². The first kappa shape index (κ1) is 19.7. The maximum absolute atomic E-state index is 12.6. The van der Waals surface area contributed by atoms with Crippen molar-refractivity contribution in [2.45, 2.75) is 25.3 Å². The van der Waals surface area contributed by atoms with E-state index >= 15 is 0 Å². The van der Waals surface area contributed by atoms with Crippen molar-refractivity contribution >= 4 is 21.6 Å². The van der Waals surface area contributed by atoms with E-state index in [9.17, 15) is 18.3 Å². The van der Waals surface area contributed by atoms with Crippen molar-refractivity contribution in [1.29, 1.82) is 0 Å². The molecule has 0 unspecified atom stereocenters. The molecule has 2 aromatic carbocycles. The number of sulfonamides is 1. The summed E-state index contributed by atoms with van der Waals surface area (Å²) < 4.78 is 32.6.